The fourth-order valence-electron chi connectivity index (χ4n) is 1.08. The summed E-state index contributed by atoms with van der Waals surface area (Å²) < 4.78 is 13.6. The second-order valence-corrected chi connectivity index (χ2v) is 3.69. The Labute approximate surface area is 87.8 Å². The number of aliphatic imine (C=N–C) groups is 1. The minimum absolute atomic E-state index is 0.210. The van der Waals surface area contributed by atoms with Gasteiger partial charge in [-0.05, 0) is 30.9 Å². The zero-order valence-electron chi connectivity index (χ0n) is 8.25. The Hall–Kier alpha value is -1.09. The smallest absolute Gasteiger partial charge is 0.142 e. The standard InChI is InChI=1S/C11H12FNS/c1-4-13-9-7-6-8(3)10(12)11(9)14-5-2/h4-7H,2H2,1,3H3/b13-4+. The summed E-state index contributed by atoms with van der Waals surface area (Å²) in [6.45, 7) is 7.12. The normalized spacial score (nSPS) is 10.8. The summed E-state index contributed by atoms with van der Waals surface area (Å²) in [4.78, 5) is 4.63. The Morgan fingerprint density at radius 2 is 2.21 bits per heavy atom. The number of hydrogen-bond donors (Lipinski definition) is 0. The molecule has 0 N–H and O–H groups in total. The van der Waals surface area contributed by atoms with Crippen LogP contribution in [0.1, 0.15) is 12.5 Å². The Bertz CT molecular complexity index is 372. The van der Waals surface area contributed by atoms with Gasteiger partial charge >= 0.3 is 0 Å². The summed E-state index contributed by atoms with van der Waals surface area (Å²) in [6, 6.07) is 3.54. The van der Waals surface area contributed by atoms with E-state index in [2.05, 4.69) is 11.6 Å². The first-order valence-electron chi connectivity index (χ1n) is 4.26. The van der Waals surface area contributed by atoms with Gasteiger partial charge in [0.15, 0.2) is 0 Å². The molecule has 1 aromatic carbocycles. The number of halogens is 1. The molecule has 0 saturated carbocycles. The van der Waals surface area contributed by atoms with E-state index in [1.54, 1.807) is 31.5 Å². The molecule has 0 aromatic heterocycles. The summed E-state index contributed by atoms with van der Waals surface area (Å²) >= 11 is 1.26. The van der Waals surface area contributed by atoms with Crippen molar-refractivity contribution in [2.75, 3.05) is 0 Å². The van der Waals surface area contributed by atoms with Gasteiger partial charge in [-0.1, -0.05) is 24.4 Å². The monoisotopic (exact) mass is 209 g/mol. The number of hydrogen-bond acceptors (Lipinski definition) is 2. The van der Waals surface area contributed by atoms with Gasteiger partial charge < -0.3 is 0 Å². The molecule has 1 aromatic rings. The molecule has 0 aliphatic rings. The van der Waals surface area contributed by atoms with Gasteiger partial charge in [-0.25, -0.2) is 4.39 Å². The number of nitrogens with zero attached hydrogens (tertiary/aromatic N) is 1. The molecule has 0 spiro atoms. The molecule has 0 aliphatic heterocycles. The lowest BCUT2D eigenvalue weighted by atomic mass is 10.2. The maximum atomic E-state index is 13.6. The zero-order chi connectivity index (χ0) is 10.6. The highest BCUT2D eigenvalue weighted by molar-refractivity contribution is 8.02. The fraction of sp³-hybridized carbons (Fsp3) is 0.182. The highest BCUT2D eigenvalue weighted by Crippen LogP contribution is 2.33. The van der Waals surface area contributed by atoms with E-state index in [1.165, 1.54) is 11.8 Å². The molecule has 74 valence electrons. The molecular formula is C11H12FNS. The van der Waals surface area contributed by atoms with E-state index in [0.29, 0.717) is 16.1 Å². The fourth-order valence-corrected chi connectivity index (χ4v) is 1.75. The molecule has 0 heterocycles. The Morgan fingerprint density at radius 1 is 1.50 bits per heavy atom. The highest BCUT2D eigenvalue weighted by Gasteiger charge is 2.09. The predicted molar refractivity (Wildman–Crippen MR) is 61.0 cm³/mol. The van der Waals surface area contributed by atoms with E-state index >= 15 is 0 Å². The quantitative estimate of drug-likeness (QED) is 0.539. The molecule has 1 rings (SSSR count). The van der Waals surface area contributed by atoms with Crippen LogP contribution in [-0.2, 0) is 0 Å². The van der Waals surface area contributed by atoms with Gasteiger partial charge in [0, 0.05) is 6.21 Å². The van der Waals surface area contributed by atoms with E-state index < -0.39 is 0 Å². The molecule has 0 radical (unpaired) electrons. The van der Waals surface area contributed by atoms with Crippen molar-refractivity contribution in [1.82, 2.24) is 0 Å². The molecular weight excluding hydrogens is 197 g/mol. The van der Waals surface area contributed by atoms with E-state index in [-0.39, 0.29) is 5.82 Å². The third-order valence-corrected chi connectivity index (χ3v) is 2.53. The molecule has 0 bridgehead atoms. The molecule has 14 heavy (non-hydrogen) atoms. The van der Waals surface area contributed by atoms with Gasteiger partial charge in [-0.15, -0.1) is 0 Å². The lowest BCUT2D eigenvalue weighted by Gasteiger charge is -2.05. The van der Waals surface area contributed by atoms with E-state index in [4.69, 9.17) is 0 Å². The lowest BCUT2D eigenvalue weighted by Crippen LogP contribution is -1.86. The first-order valence-corrected chi connectivity index (χ1v) is 5.14. The van der Waals surface area contributed by atoms with Crippen molar-refractivity contribution in [3.63, 3.8) is 0 Å². The Balaban J connectivity index is 3.28. The molecule has 0 fully saturated rings. The van der Waals surface area contributed by atoms with Crippen LogP contribution in [0.15, 0.2) is 34.0 Å². The van der Waals surface area contributed by atoms with Crippen LogP contribution in [0.5, 0.6) is 0 Å². The molecule has 0 aliphatic carbocycles. The summed E-state index contributed by atoms with van der Waals surface area (Å²) in [5, 5.41) is 1.60. The molecule has 3 heteroatoms. The molecule has 0 unspecified atom stereocenters. The molecule has 0 saturated heterocycles. The third kappa shape index (κ3) is 2.23. The Morgan fingerprint density at radius 3 is 2.79 bits per heavy atom. The summed E-state index contributed by atoms with van der Waals surface area (Å²) in [5.41, 5.74) is 1.28. The van der Waals surface area contributed by atoms with Gasteiger partial charge in [0.05, 0.1) is 10.6 Å². The molecule has 0 atom stereocenters. The van der Waals surface area contributed by atoms with Crippen LogP contribution in [0.2, 0.25) is 0 Å². The number of thioether (sulfide) groups is 1. The minimum Gasteiger partial charge on any atom is -0.260 e. The topological polar surface area (TPSA) is 12.4 Å². The second kappa shape index (κ2) is 4.96. The zero-order valence-corrected chi connectivity index (χ0v) is 9.07. The summed E-state index contributed by atoms with van der Waals surface area (Å²) in [7, 11) is 0. The molecule has 1 nitrogen and oxygen atoms in total. The average Bonchev–Trinajstić information content (AvgIpc) is 2.18. The van der Waals surface area contributed by atoms with Gasteiger partial charge in [0.1, 0.15) is 5.82 Å². The van der Waals surface area contributed by atoms with Crippen molar-refractivity contribution in [3.8, 4) is 0 Å². The van der Waals surface area contributed by atoms with Crippen LogP contribution in [0.3, 0.4) is 0 Å². The van der Waals surface area contributed by atoms with E-state index in [1.807, 2.05) is 6.07 Å². The van der Waals surface area contributed by atoms with E-state index in [9.17, 15) is 4.39 Å². The van der Waals surface area contributed by atoms with Gasteiger partial charge in [-0.2, -0.15) is 0 Å². The van der Waals surface area contributed by atoms with Gasteiger partial charge in [-0.3, -0.25) is 4.99 Å². The summed E-state index contributed by atoms with van der Waals surface area (Å²) in [6.07, 6.45) is 1.65. The second-order valence-electron chi connectivity index (χ2n) is 2.72. The van der Waals surface area contributed by atoms with Crippen LogP contribution >= 0.6 is 11.8 Å². The third-order valence-electron chi connectivity index (χ3n) is 1.74. The minimum atomic E-state index is -0.210. The average molecular weight is 209 g/mol. The lowest BCUT2D eigenvalue weighted by molar-refractivity contribution is 0.593. The SMILES string of the molecule is C=CSc1c(/N=C/C)ccc(C)c1F. The highest BCUT2D eigenvalue weighted by atomic mass is 32.2. The van der Waals surface area contributed by atoms with Crippen LogP contribution in [0.25, 0.3) is 0 Å². The van der Waals surface area contributed by atoms with Crippen LogP contribution < -0.4 is 0 Å². The number of benzene rings is 1. The predicted octanol–water partition coefficient (Wildman–Crippen LogP) is 4.09. The van der Waals surface area contributed by atoms with Crippen molar-refractivity contribution in [3.05, 3.63) is 35.5 Å². The number of rotatable bonds is 3. The van der Waals surface area contributed by atoms with Crippen LogP contribution in [0.4, 0.5) is 10.1 Å². The molecule has 0 amide bonds. The van der Waals surface area contributed by atoms with Crippen molar-refractivity contribution >= 4 is 23.7 Å². The van der Waals surface area contributed by atoms with E-state index in [0.717, 1.165) is 0 Å². The largest absolute Gasteiger partial charge is 0.260 e. The maximum absolute atomic E-state index is 13.6. The van der Waals surface area contributed by atoms with Crippen molar-refractivity contribution in [2.24, 2.45) is 4.99 Å². The van der Waals surface area contributed by atoms with Gasteiger partial charge in [0.2, 0.25) is 0 Å². The van der Waals surface area contributed by atoms with Crippen molar-refractivity contribution in [1.29, 1.82) is 0 Å². The van der Waals surface area contributed by atoms with Crippen LogP contribution in [0, 0.1) is 12.7 Å². The summed E-state index contributed by atoms with van der Waals surface area (Å²) in [5.74, 6) is -0.210. The van der Waals surface area contributed by atoms with Crippen molar-refractivity contribution in [2.45, 2.75) is 18.7 Å². The van der Waals surface area contributed by atoms with Gasteiger partial charge in [0.25, 0.3) is 0 Å². The van der Waals surface area contributed by atoms with Crippen LogP contribution in [-0.4, -0.2) is 6.21 Å². The first kappa shape index (κ1) is 11.0. The number of aryl methyl sites for hydroxylation is 1. The first-order chi connectivity index (χ1) is 6.70. The van der Waals surface area contributed by atoms with Crippen molar-refractivity contribution < 1.29 is 4.39 Å². The Kier molecular flexibility index (Phi) is 3.89. The maximum Gasteiger partial charge on any atom is 0.142 e.